The summed E-state index contributed by atoms with van der Waals surface area (Å²) in [6.07, 6.45) is 5.06. The molecular weight excluding hydrogens is 279 g/mol. The van der Waals surface area contributed by atoms with E-state index in [4.69, 9.17) is 5.73 Å². The molecule has 0 bridgehead atoms. The monoisotopic (exact) mass is 298 g/mol. The Morgan fingerprint density at radius 2 is 1.95 bits per heavy atom. The molecule has 2 fully saturated rings. The highest BCUT2D eigenvalue weighted by Gasteiger charge is 2.43. The van der Waals surface area contributed by atoms with Crippen molar-refractivity contribution in [1.82, 2.24) is 4.31 Å². The van der Waals surface area contributed by atoms with E-state index >= 15 is 0 Å². The molecule has 3 rings (SSSR count). The highest BCUT2D eigenvalue weighted by Crippen LogP contribution is 2.39. The second-order valence-electron chi connectivity index (χ2n) is 5.71. The van der Waals surface area contributed by atoms with Crippen molar-refractivity contribution in [2.45, 2.75) is 43.0 Å². The number of nitrogens with zero attached hydrogens (tertiary/aromatic N) is 1. The average Bonchev–Trinajstić information content (AvgIpc) is 2.86. The van der Waals surface area contributed by atoms with Crippen LogP contribution in [-0.4, -0.2) is 25.3 Å². The van der Waals surface area contributed by atoms with Crippen LogP contribution >= 0.6 is 0 Å². The van der Waals surface area contributed by atoms with Crippen LogP contribution in [0.3, 0.4) is 0 Å². The number of nitrogens with two attached hydrogens (primary N) is 1. The Hall–Kier alpha value is -1.14. The lowest BCUT2D eigenvalue weighted by Gasteiger charge is -2.31. The molecule has 4 nitrogen and oxygen atoms in total. The molecule has 0 amide bonds. The van der Waals surface area contributed by atoms with Gasteiger partial charge in [-0.3, -0.25) is 0 Å². The Bertz CT molecular complexity index is 618. The zero-order valence-electron chi connectivity index (χ0n) is 11.3. The summed E-state index contributed by atoms with van der Waals surface area (Å²) >= 11 is 0. The van der Waals surface area contributed by atoms with Crippen LogP contribution in [0.1, 0.15) is 32.1 Å². The summed E-state index contributed by atoms with van der Waals surface area (Å²) in [5, 5.41) is 0. The van der Waals surface area contributed by atoms with Gasteiger partial charge in [-0.1, -0.05) is 12.8 Å². The van der Waals surface area contributed by atoms with Crippen molar-refractivity contribution in [1.29, 1.82) is 0 Å². The maximum absolute atomic E-state index is 13.9. The summed E-state index contributed by atoms with van der Waals surface area (Å²) in [6.45, 7) is 0.492. The molecular formula is C14H19FN2O2S. The molecule has 1 heterocycles. The standard InChI is InChI=1S/C14H19FN2O2S/c15-12-6-5-11(16)9-14(12)20(18,19)17-8-7-10-3-1-2-4-13(10)17/h5-6,9-10,13H,1-4,7-8,16H2. The van der Waals surface area contributed by atoms with E-state index in [1.807, 2.05) is 0 Å². The van der Waals surface area contributed by atoms with Crippen LogP contribution in [0, 0.1) is 11.7 Å². The number of anilines is 1. The molecule has 1 aromatic rings. The molecule has 0 radical (unpaired) electrons. The molecule has 1 aliphatic carbocycles. The molecule has 1 aliphatic heterocycles. The van der Waals surface area contributed by atoms with Gasteiger partial charge >= 0.3 is 0 Å². The second kappa shape index (κ2) is 5.00. The van der Waals surface area contributed by atoms with E-state index < -0.39 is 15.8 Å². The first kappa shape index (κ1) is 13.8. The van der Waals surface area contributed by atoms with Crippen LogP contribution in [0.25, 0.3) is 0 Å². The van der Waals surface area contributed by atoms with E-state index in [0.717, 1.165) is 31.7 Å². The summed E-state index contributed by atoms with van der Waals surface area (Å²) in [5.41, 5.74) is 5.87. The normalized spacial score (nSPS) is 27.4. The molecule has 2 aliphatic rings. The van der Waals surface area contributed by atoms with E-state index in [1.54, 1.807) is 0 Å². The van der Waals surface area contributed by atoms with Gasteiger partial charge in [0.25, 0.3) is 0 Å². The van der Waals surface area contributed by atoms with Gasteiger partial charge in [-0.2, -0.15) is 4.31 Å². The number of halogens is 1. The first-order chi connectivity index (χ1) is 9.50. The quantitative estimate of drug-likeness (QED) is 0.853. The zero-order chi connectivity index (χ0) is 14.3. The van der Waals surface area contributed by atoms with Gasteiger partial charge < -0.3 is 5.73 Å². The maximum atomic E-state index is 13.9. The molecule has 2 N–H and O–H groups in total. The Morgan fingerprint density at radius 3 is 2.75 bits per heavy atom. The van der Waals surface area contributed by atoms with Crippen molar-refractivity contribution in [3.63, 3.8) is 0 Å². The van der Waals surface area contributed by atoms with E-state index in [-0.39, 0.29) is 16.6 Å². The first-order valence-corrected chi connectivity index (χ1v) is 8.51. The van der Waals surface area contributed by atoms with Gasteiger partial charge in [0.15, 0.2) is 0 Å². The minimum atomic E-state index is -3.78. The molecule has 6 heteroatoms. The third-order valence-corrected chi connectivity index (χ3v) is 6.44. The summed E-state index contributed by atoms with van der Waals surface area (Å²) in [5.74, 6) is -0.291. The lowest BCUT2D eigenvalue weighted by molar-refractivity contribution is 0.260. The summed E-state index contributed by atoms with van der Waals surface area (Å²) in [4.78, 5) is -0.288. The molecule has 0 aromatic heterocycles. The smallest absolute Gasteiger partial charge is 0.246 e. The van der Waals surface area contributed by atoms with Crippen molar-refractivity contribution >= 4 is 15.7 Å². The lowest BCUT2D eigenvalue weighted by atomic mass is 9.86. The summed E-state index contributed by atoms with van der Waals surface area (Å²) < 4.78 is 40.8. The Morgan fingerprint density at radius 1 is 1.20 bits per heavy atom. The molecule has 1 aromatic carbocycles. The van der Waals surface area contributed by atoms with Gasteiger partial charge in [-0.25, -0.2) is 12.8 Å². The van der Waals surface area contributed by atoms with Crippen molar-refractivity contribution < 1.29 is 12.8 Å². The third-order valence-electron chi connectivity index (χ3n) is 4.50. The van der Waals surface area contributed by atoms with E-state index in [9.17, 15) is 12.8 Å². The van der Waals surface area contributed by atoms with E-state index in [0.29, 0.717) is 12.5 Å². The van der Waals surface area contributed by atoms with E-state index in [2.05, 4.69) is 0 Å². The average molecular weight is 298 g/mol. The molecule has 1 saturated carbocycles. The van der Waals surface area contributed by atoms with Gasteiger partial charge in [0, 0.05) is 18.3 Å². The van der Waals surface area contributed by atoms with Crippen LogP contribution in [0.4, 0.5) is 10.1 Å². The molecule has 2 atom stereocenters. The topological polar surface area (TPSA) is 63.4 Å². The second-order valence-corrected chi connectivity index (χ2v) is 7.57. The summed E-state index contributed by atoms with van der Waals surface area (Å²) in [6, 6.07) is 3.76. The fourth-order valence-corrected chi connectivity index (χ4v) is 5.34. The minimum Gasteiger partial charge on any atom is -0.399 e. The maximum Gasteiger partial charge on any atom is 0.246 e. The fourth-order valence-electron chi connectivity index (χ4n) is 3.51. The third kappa shape index (κ3) is 2.20. The molecule has 1 saturated heterocycles. The molecule has 0 spiro atoms. The van der Waals surface area contributed by atoms with Crippen molar-refractivity contribution in [3.05, 3.63) is 24.0 Å². The Kier molecular flexibility index (Phi) is 3.46. The number of benzene rings is 1. The largest absolute Gasteiger partial charge is 0.399 e. The van der Waals surface area contributed by atoms with Crippen molar-refractivity contribution in [2.24, 2.45) is 5.92 Å². The number of sulfonamides is 1. The highest BCUT2D eigenvalue weighted by atomic mass is 32.2. The first-order valence-electron chi connectivity index (χ1n) is 7.07. The van der Waals surface area contributed by atoms with Gasteiger partial charge in [-0.05, 0) is 43.4 Å². The summed E-state index contributed by atoms with van der Waals surface area (Å²) in [7, 11) is -3.78. The van der Waals surface area contributed by atoms with Gasteiger partial charge in [0.2, 0.25) is 10.0 Å². The lowest BCUT2D eigenvalue weighted by Crippen LogP contribution is -2.39. The van der Waals surface area contributed by atoms with Crippen LogP contribution in [0.15, 0.2) is 23.1 Å². The minimum absolute atomic E-state index is 0.0366. The van der Waals surface area contributed by atoms with E-state index in [1.165, 1.54) is 22.9 Å². The fraction of sp³-hybridized carbons (Fsp3) is 0.571. The molecule has 2 unspecified atom stereocenters. The van der Waals surface area contributed by atoms with Gasteiger partial charge in [-0.15, -0.1) is 0 Å². The van der Waals surface area contributed by atoms with Crippen molar-refractivity contribution in [2.75, 3.05) is 12.3 Å². The number of hydrogen-bond acceptors (Lipinski definition) is 3. The predicted molar refractivity (Wildman–Crippen MR) is 75.1 cm³/mol. The van der Waals surface area contributed by atoms with Crippen LogP contribution in [-0.2, 0) is 10.0 Å². The van der Waals surface area contributed by atoms with Crippen molar-refractivity contribution in [3.8, 4) is 0 Å². The highest BCUT2D eigenvalue weighted by molar-refractivity contribution is 7.89. The van der Waals surface area contributed by atoms with Crippen LogP contribution < -0.4 is 5.73 Å². The van der Waals surface area contributed by atoms with Gasteiger partial charge in [0.05, 0.1) is 0 Å². The molecule has 110 valence electrons. The Labute approximate surface area is 118 Å². The molecule has 20 heavy (non-hydrogen) atoms. The van der Waals surface area contributed by atoms with Gasteiger partial charge in [0.1, 0.15) is 10.7 Å². The zero-order valence-corrected chi connectivity index (χ0v) is 12.1. The Balaban J connectivity index is 1.97. The number of rotatable bonds is 2. The SMILES string of the molecule is Nc1ccc(F)c(S(=O)(=O)N2CCC3CCCCC32)c1. The number of hydrogen-bond donors (Lipinski definition) is 1. The predicted octanol–water partition coefficient (Wildman–Crippen LogP) is 2.36. The number of nitrogen functional groups attached to an aromatic ring is 1. The van der Waals surface area contributed by atoms with Crippen LogP contribution in [0.5, 0.6) is 0 Å². The van der Waals surface area contributed by atoms with Crippen LogP contribution in [0.2, 0.25) is 0 Å². The number of fused-ring (bicyclic) bond motifs is 1.